The number of para-hydroxylation sites is 1. The van der Waals surface area contributed by atoms with Crippen molar-refractivity contribution in [2.75, 3.05) is 7.05 Å². The molecule has 120 valence electrons. The van der Waals surface area contributed by atoms with E-state index in [1.807, 2.05) is 38.2 Å². The maximum absolute atomic E-state index is 12.7. The summed E-state index contributed by atoms with van der Waals surface area (Å²) in [5.74, 6) is 0.896. The maximum Gasteiger partial charge on any atom is 0.267 e. The Morgan fingerprint density at radius 3 is 2.78 bits per heavy atom. The summed E-state index contributed by atoms with van der Waals surface area (Å²) in [7, 11) is 1.81. The highest BCUT2D eigenvalue weighted by Crippen LogP contribution is 2.28. The van der Waals surface area contributed by atoms with Crippen LogP contribution in [-0.4, -0.2) is 27.4 Å². The third kappa shape index (κ3) is 2.86. The molecule has 2 aromatic heterocycles. The maximum atomic E-state index is 12.7. The zero-order valence-electron chi connectivity index (χ0n) is 13.5. The third-order valence-corrected chi connectivity index (χ3v) is 4.69. The van der Waals surface area contributed by atoms with E-state index in [0.717, 1.165) is 45.9 Å². The first-order chi connectivity index (χ1) is 11.2. The Morgan fingerprint density at radius 1 is 1.26 bits per heavy atom. The first-order valence-electron chi connectivity index (χ1n) is 7.71. The molecule has 2 heterocycles. The fraction of sp³-hybridized carbons (Fsp3) is 0.353. The molecule has 6 heteroatoms. The van der Waals surface area contributed by atoms with Gasteiger partial charge >= 0.3 is 0 Å². The zero-order chi connectivity index (χ0) is 16.4. The number of rotatable bonds is 5. The lowest BCUT2D eigenvalue weighted by Gasteiger charge is -2.16. The summed E-state index contributed by atoms with van der Waals surface area (Å²) >= 11 is 1.16. The lowest BCUT2D eigenvalue weighted by molar-refractivity contribution is 0.0788. The van der Waals surface area contributed by atoms with Crippen LogP contribution in [0.4, 0.5) is 0 Å². The first-order valence-corrected chi connectivity index (χ1v) is 8.49. The minimum atomic E-state index is -0.0378. The Balaban J connectivity index is 1.91. The van der Waals surface area contributed by atoms with Crippen molar-refractivity contribution in [3.05, 3.63) is 46.2 Å². The standard InChI is InChI=1S/C17H19N3O2S/c1-4-13-16(23-19-18-13)17(21)20(3)10-12-11-8-6-7-9-15(11)22-14(12)5-2/h6-9H,4-5,10H2,1-3H3. The van der Waals surface area contributed by atoms with Gasteiger partial charge < -0.3 is 9.32 Å². The lowest BCUT2D eigenvalue weighted by atomic mass is 10.1. The number of carbonyl (C=O) groups excluding carboxylic acids is 1. The zero-order valence-corrected chi connectivity index (χ0v) is 14.3. The van der Waals surface area contributed by atoms with E-state index in [4.69, 9.17) is 4.42 Å². The fourth-order valence-electron chi connectivity index (χ4n) is 2.69. The average Bonchev–Trinajstić information content (AvgIpc) is 3.18. The molecular weight excluding hydrogens is 310 g/mol. The van der Waals surface area contributed by atoms with Gasteiger partial charge in [0.15, 0.2) is 0 Å². The Hall–Kier alpha value is -2.21. The van der Waals surface area contributed by atoms with Gasteiger partial charge in [-0.1, -0.05) is 36.5 Å². The largest absolute Gasteiger partial charge is 0.461 e. The summed E-state index contributed by atoms with van der Waals surface area (Å²) in [5.41, 5.74) is 2.71. The van der Waals surface area contributed by atoms with Crippen LogP contribution in [0.3, 0.4) is 0 Å². The second kappa shape index (κ2) is 6.50. The number of fused-ring (bicyclic) bond motifs is 1. The molecule has 1 aromatic carbocycles. The van der Waals surface area contributed by atoms with Crippen molar-refractivity contribution in [3.8, 4) is 0 Å². The molecule has 3 aromatic rings. The molecule has 23 heavy (non-hydrogen) atoms. The van der Waals surface area contributed by atoms with Crippen molar-refractivity contribution in [3.63, 3.8) is 0 Å². The van der Waals surface area contributed by atoms with Crippen LogP contribution in [0.2, 0.25) is 0 Å². The number of aryl methyl sites for hydroxylation is 2. The van der Waals surface area contributed by atoms with Crippen LogP contribution < -0.4 is 0 Å². The van der Waals surface area contributed by atoms with E-state index in [-0.39, 0.29) is 5.91 Å². The minimum absolute atomic E-state index is 0.0378. The smallest absolute Gasteiger partial charge is 0.267 e. The number of hydrogen-bond acceptors (Lipinski definition) is 5. The molecule has 0 aliphatic carbocycles. The van der Waals surface area contributed by atoms with E-state index in [2.05, 4.69) is 16.5 Å². The van der Waals surface area contributed by atoms with Gasteiger partial charge in [-0.2, -0.15) is 0 Å². The Kier molecular flexibility index (Phi) is 4.43. The number of carbonyl (C=O) groups is 1. The van der Waals surface area contributed by atoms with Crippen LogP contribution in [0, 0.1) is 0 Å². The summed E-state index contributed by atoms with van der Waals surface area (Å²) in [5, 5.41) is 5.09. The van der Waals surface area contributed by atoms with Gasteiger partial charge in [-0.15, -0.1) is 5.10 Å². The fourth-order valence-corrected chi connectivity index (χ4v) is 3.44. The molecule has 1 amide bonds. The average molecular weight is 329 g/mol. The van der Waals surface area contributed by atoms with Crippen LogP contribution in [0.1, 0.15) is 40.5 Å². The summed E-state index contributed by atoms with van der Waals surface area (Å²) in [6.07, 6.45) is 1.51. The van der Waals surface area contributed by atoms with E-state index in [1.54, 1.807) is 4.90 Å². The van der Waals surface area contributed by atoms with Crippen molar-refractivity contribution in [2.24, 2.45) is 0 Å². The molecule has 0 atom stereocenters. The molecule has 0 unspecified atom stereocenters. The molecule has 0 saturated heterocycles. The van der Waals surface area contributed by atoms with E-state index in [9.17, 15) is 4.79 Å². The predicted octanol–water partition coefficient (Wildman–Crippen LogP) is 3.68. The van der Waals surface area contributed by atoms with Gasteiger partial charge in [0.1, 0.15) is 16.2 Å². The Morgan fingerprint density at radius 2 is 2.04 bits per heavy atom. The molecule has 5 nitrogen and oxygen atoms in total. The number of hydrogen-bond donors (Lipinski definition) is 0. The molecule has 0 fully saturated rings. The van der Waals surface area contributed by atoms with Crippen LogP contribution in [0.5, 0.6) is 0 Å². The van der Waals surface area contributed by atoms with Crippen molar-refractivity contribution in [2.45, 2.75) is 33.2 Å². The van der Waals surface area contributed by atoms with Gasteiger partial charge in [0.2, 0.25) is 0 Å². The second-order valence-electron chi connectivity index (χ2n) is 5.42. The van der Waals surface area contributed by atoms with Gasteiger partial charge in [0, 0.05) is 31.0 Å². The van der Waals surface area contributed by atoms with Crippen LogP contribution in [0.25, 0.3) is 11.0 Å². The van der Waals surface area contributed by atoms with E-state index < -0.39 is 0 Å². The van der Waals surface area contributed by atoms with Crippen molar-refractivity contribution >= 4 is 28.4 Å². The van der Waals surface area contributed by atoms with Crippen molar-refractivity contribution in [1.82, 2.24) is 14.5 Å². The number of benzene rings is 1. The lowest BCUT2D eigenvalue weighted by Crippen LogP contribution is -2.26. The van der Waals surface area contributed by atoms with Gasteiger partial charge in [-0.05, 0) is 24.0 Å². The van der Waals surface area contributed by atoms with Crippen LogP contribution in [0.15, 0.2) is 28.7 Å². The SMILES string of the molecule is CCc1nnsc1C(=O)N(C)Cc1c(CC)oc2ccccc12. The summed E-state index contributed by atoms with van der Waals surface area (Å²) < 4.78 is 9.81. The predicted molar refractivity (Wildman–Crippen MR) is 90.7 cm³/mol. The van der Waals surface area contributed by atoms with E-state index >= 15 is 0 Å². The molecule has 0 saturated carbocycles. The Bertz CT molecular complexity index is 837. The summed E-state index contributed by atoms with van der Waals surface area (Å²) in [6.45, 7) is 4.55. The molecule has 0 bridgehead atoms. The van der Waals surface area contributed by atoms with Gasteiger partial charge in [-0.3, -0.25) is 4.79 Å². The first kappa shape index (κ1) is 15.7. The highest BCUT2D eigenvalue weighted by Gasteiger charge is 2.22. The quantitative estimate of drug-likeness (QED) is 0.716. The molecule has 0 aliphatic rings. The minimum Gasteiger partial charge on any atom is -0.461 e. The van der Waals surface area contributed by atoms with Gasteiger partial charge in [0.05, 0.1) is 5.69 Å². The Labute approximate surface area is 139 Å². The van der Waals surface area contributed by atoms with Crippen LogP contribution in [-0.2, 0) is 19.4 Å². The summed E-state index contributed by atoms with van der Waals surface area (Å²) in [6, 6.07) is 7.95. The molecule has 0 spiro atoms. The third-order valence-electron chi connectivity index (χ3n) is 3.93. The number of furan rings is 1. The molecule has 0 radical (unpaired) electrons. The van der Waals surface area contributed by atoms with Crippen LogP contribution >= 0.6 is 11.5 Å². The van der Waals surface area contributed by atoms with Crippen molar-refractivity contribution < 1.29 is 9.21 Å². The highest BCUT2D eigenvalue weighted by atomic mass is 32.1. The number of nitrogens with zero attached hydrogens (tertiary/aromatic N) is 3. The normalized spacial score (nSPS) is 11.1. The second-order valence-corrected chi connectivity index (χ2v) is 6.17. The van der Waals surface area contributed by atoms with Gasteiger partial charge in [0.25, 0.3) is 5.91 Å². The van der Waals surface area contributed by atoms with E-state index in [1.165, 1.54) is 0 Å². The monoisotopic (exact) mass is 329 g/mol. The van der Waals surface area contributed by atoms with E-state index in [0.29, 0.717) is 17.8 Å². The van der Waals surface area contributed by atoms with Crippen molar-refractivity contribution in [1.29, 1.82) is 0 Å². The van der Waals surface area contributed by atoms with Gasteiger partial charge in [-0.25, -0.2) is 0 Å². The topological polar surface area (TPSA) is 59.2 Å². The molecule has 0 aliphatic heterocycles. The number of amides is 1. The molecule has 0 N–H and O–H groups in total. The number of aromatic nitrogens is 2. The molecule has 3 rings (SSSR count). The summed E-state index contributed by atoms with van der Waals surface area (Å²) in [4.78, 5) is 15.0. The highest BCUT2D eigenvalue weighted by molar-refractivity contribution is 7.07. The molecular formula is C17H19N3O2S.